The van der Waals surface area contributed by atoms with Crippen molar-refractivity contribution in [2.24, 2.45) is 7.05 Å². The highest BCUT2D eigenvalue weighted by Crippen LogP contribution is 2.18. The third kappa shape index (κ3) is 1.99. The quantitative estimate of drug-likeness (QED) is 0.775. The molecule has 6 heteroatoms. The molecule has 0 unspecified atom stereocenters. The first-order valence-corrected chi connectivity index (χ1v) is 6.84. The third-order valence-electron chi connectivity index (χ3n) is 2.87. The van der Waals surface area contributed by atoms with Gasteiger partial charge in [0.25, 0.3) is 5.82 Å². The topological polar surface area (TPSA) is 52.2 Å². The Hall–Kier alpha value is -1.82. The van der Waals surface area contributed by atoms with Crippen LogP contribution >= 0.6 is 0 Å². The molecule has 2 aromatic rings. The van der Waals surface area contributed by atoms with E-state index >= 15 is 0 Å². The molecule has 0 bridgehead atoms. The number of aromatic nitrogens is 2. The predicted octanol–water partition coefficient (Wildman–Crippen LogP) is 0.867. The lowest BCUT2D eigenvalue weighted by Gasteiger charge is -2.03. The maximum Gasteiger partial charge on any atom is 0.335 e. The van der Waals surface area contributed by atoms with E-state index < -0.39 is 10.0 Å². The molecule has 0 fully saturated rings. The summed E-state index contributed by atoms with van der Waals surface area (Å²) < 4.78 is 32.8. The van der Waals surface area contributed by atoms with Gasteiger partial charge in [-0.3, -0.25) is 0 Å². The van der Waals surface area contributed by atoms with E-state index in [0.29, 0.717) is 11.6 Å². The van der Waals surface area contributed by atoms with Crippen LogP contribution < -0.4 is 9.30 Å². The van der Waals surface area contributed by atoms with Gasteiger partial charge in [-0.2, -0.15) is 8.42 Å². The van der Waals surface area contributed by atoms with Crippen molar-refractivity contribution in [3.8, 4) is 5.75 Å². The minimum atomic E-state index is -3.53. The molecule has 0 radical (unpaired) electrons. The van der Waals surface area contributed by atoms with Gasteiger partial charge < -0.3 is 4.74 Å². The van der Waals surface area contributed by atoms with Crippen LogP contribution in [0.2, 0.25) is 0 Å². The molecule has 0 N–H and O–H groups in total. The highest BCUT2D eigenvalue weighted by Gasteiger charge is 2.25. The number of nitrogens with zero attached hydrogens (tertiary/aromatic N) is 2. The monoisotopic (exact) mass is 267 g/mol. The van der Waals surface area contributed by atoms with E-state index in [4.69, 9.17) is 4.74 Å². The summed E-state index contributed by atoms with van der Waals surface area (Å²) in [5, 5.41) is 0. The molecule has 0 amide bonds. The predicted molar refractivity (Wildman–Crippen MR) is 65.9 cm³/mol. The number of hydrogen-bond donors (Lipinski definition) is 0. The first-order chi connectivity index (χ1) is 8.46. The average Bonchev–Trinajstić information content (AvgIpc) is 2.70. The van der Waals surface area contributed by atoms with Crippen LogP contribution in [-0.2, 0) is 17.1 Å². The van der Waals surface area contributed by atoms with Crippen molar-refractivity contribution in [3.63, 3.8) is 0 Å². The largest absolute Gasteiger partial charge is 0.497 e. The second-order valence-electron chi connectivity index (χ2n) is 3.93. The fourth-order valence-electron chi connectivity index (χ4n) is 1.65. The van der Waals surface area contributed by atoms with Gasteiger partial charge in [-0.05, 0) is 24.3 Å². The number of ether oxygens (including phenoxy) is 1. The number of hydrogen-bond acceptors (Lipinski definition) is 3. The maximum atomic E-state index is 12.4. The minimum Gasteiger partial charge on any atom is -0.497 e. The fourth-order valence-corrected chi connectivity index (χ4v) is 3.05. The minimum absolute atomic E-state index is 0.239. The summed E-state index contributed by atoms with van der Waals surface area (Å²) in [5.74, 6) is 1.27. The summed E-state index contributed by atoms with van der Waals surface area (Å²) in [5.41, 5.74) is 0. The first-order valence-electron chi connectivity index (χ1n) is 5.40. The average molecular weight is 267 g/mol. The first kappa shape index (κ1) is 12.6. The molecule has 0 saturated carbocycles. The Balaban J connectivity index is 2.51. The number of benzene rings is 1. The molecule has 1 aromatic carbocycles. The van der Waals surface area contributed by atoms with Gasteiger partial charge in [-0.1, -0.05) is 0 Å². The molecule has 1 heterocycles. The lowest BCUT2D eigenvalue weighted by Crippen LogP contribution is -2.31. The zero-order valence-electron chi connectivity index (χ0n) is 10.5. The molecule has 0 spiro atoms. The Morgan fingerprint density at radius 2 is 1.83 bits per heavy atom. The molecule has 96 valence electrons. The second kappa shape index (κ2) is 4.45. The van der Waals surface area contributed by atoms with Gasteiger partial charge in [0.15, 0.2) is 0 Å². The highest BCUT2D eigenvalue weighted by molar-refractivity contribution is 7.90. The molecule has 5 nitrogen and oxygen atoms in total. The van der Waals surface area contributed by atoms with Crippen molar-refractivity contribution in [1.29, 1.82) is 0 Å². The summed E-state index contributed by atoms with van der Waals surface area (Å²) in [6.07, 6.45) is 3.24. The normalized spacial score (nSPS) is 11.5. The van der Waals surface area contributed by atoms with E-state index in [-0.39, 0.29) is 4.90 Å². The summed E-state index contributed by atoms with van der Waals surface area (Å²) in [4.78, 5) is 0.239. The molecular weight excluding hydrogens is 252 g/mol. The van der Waals surface area contributed by atoms with Crippen LogP contribution in [0, 0.1) is 6.92 Å². The number of methoxy groups -OCH3 is 1. The van der Waals surface area contributed by atoms with Crippen molar-refractivity contribution in [2.75, 3.05) is 7.11 Å². The standard InChI is InChI=1S/C12H15N2O3S/c1-10-13(2)8-9-14(10)18(15,16)12-6-4-11(17-3)5-7-12/h4-9H,1-3H3/q+1. The van der Waals surface area contributed by atoms with Gasteiger partial charge in [0, 0.05) is 6.92 Å². The van der Waals surface area contributed by atoms with E-state index in [0.717, 1.165) is 0 Å². The zero-order valence-corrected chi connectivity index (χ0v) is 11.3. The second-order valence-corrected chi connectivity index (χ2v) is 5.75. The Bertz CT molecular complexity index is 657. The van der Waals surface area contributed by atoms with Crippen LogP contribution in [0.5, 0.6) is 5.75 Å². The highest BCUT2D eigenvalue weighted by atomic mass is 32.2. The van der Waals surface area contributed by atoms with Gasteiger partial charge in [-0.25, -0.2) is 4.57 Å². The Kier molecular flexibility index (Phi) is 3.13. The lowest BCUT2D eigenvalue weighted by molar-refractivity contribution is -0.676. The molecule has 18 heavy (non-hydrogen) atoms. The van der Waals surface area contributed by atoms with E-state index in [1.165, 1.54) is 22.3 Å². The molecule has 0 aliphatic rings. The SMILES string of the molecule is COc1ccc(S(=O)(=O)n2cc[n+](C)c2C)cc1. The molecule has 1 aromatic heterocycles. The van der Waals surface area contributed by atoms with Gasteiger partial charge in [0.2, 0.25) is 0 Å². The lowest BCUT2D eigenvalue weighted by atomic mass is 10.3. The van der Waals surface area contributed by atoms with Crippen LogP contribution in [0.15, 0.2) is 41.6 Å². The van der Waals surface area contributed by atoms with Crippen molar-refractivity contribution < 1.29 is 17.7 Å². The van der Waals surface area contributed by atoms with Crippen LogP contribution in [0.25, 0.3) is 0 Å². The van der Waals surface area contributed by atoms with Crippen molar-refractivity contribution in [1.82, 2.24) is 3.97 Å². The van der Waals surface area contributed by atoms with Crippen molar-refractivity contribution in [3.05, 3.63) is 42.5 Å². The Morgan fingerprint density at radius 1 is 1.22 bits per heavy atom. The molecule has 0 atom stereocenters. The van der Waals surface area contributed by atoms with Gasteiger partial charge >= 0.3 is 10.0 Å². The molecule has 0 saturated heterocycles. The maximum absolute atomic E-state index is 12.4. The smallest absolute Gasteiger partial charge is 0.335 e. The van der Waals surface area contributed by atoms with Crippen LogP contribution in [0.4, 0.5) is 0 Å². The summed E-state index contributed by atoms with van der Waals surface area (Å²) in [6, 6.07) is 6.33. The van der Waals surface area contributed by atoms with Crippen LogP contribution in [-0.4, -0.2) is 19.5 Å². The van der Waals surface area contributed by atoms with Gasteiger partial charge in [0.05, 0.1) is 14.2 Å². The van der Waals surface area contributed by atoms with Crippen LogP contribution in [0.3, 0.4) is 0 Å². The fraction of sp³-hybridized carbons (Fsp3) is 0.250. The zero-order chi connectivity index (χ0) is 13.3. The van der Waals surface area contributed by atoms with Crippen molar-refractivity contribution >= 4 is 10.0 Å². The van der Waals surface area contributed by atoms with Gasteiger partial charge in [-0.15, -0.1) is 3.97 Å². The Morgan fingerprint density at radius 3 is 2.28 bits per heavy atom. The van der Waals surface area contributed by atoms with Crippen molar-refractivity contribution in [2.45, 2.75) is 11.8 Å². The number of rotatable bonds is 3. The summed E-state index contributed by atoms with van der Waals surface area (Å²) in [6.45, 7) is 1.75. The van der Waals surface area contributed by atoms with E-state index in [1.807, 2.05) is 0 Å². The Labute approximate surface area is 106 Å². The van der Waals surface area contributed by atoms with Crippen LogP contribution in [0.1, 0.15) is 5.82 Å². The van der Waals surface area contributed by atoms with E-state index in [9.17, 15) is 8.42 Å². The summed E-state index contributed by atoms with van der Waals surface area (Å²) >= 11 is 0. The number of imidazole rings is 1. The third-order valence-corrected chi connectivity index (χ3v) is 4.64. The molecular formula is C12H15N2O3S+. The summed E-state index contributed by atoms with van der Waals surface area (Å²) in [7, 11) is -0.191. The van der Waals surface area contributed by atoms with E-state index in [2.05, 4.69) is 0 Å². The van der Waals surface area contributed by atoms with E-state index in [1.54, 1.807) is 44.0 Å². The number of aryl methyl sites for hydroxylation is 1. The van der Waals surface area contributed by atoms with Gasteiger partial charge in [0.1, 0.15) is 23.0 Å². The molecule has 2 rings (SSSR count). The molecule has 0 aliphatic carbocycles. The molecule has 0 aliphatic heterocycles.